The minimum Gasteiger partial charge on any atom is -0.396 e. The molecule has 140 valence electrons. The average Bonchev–Trinajstić information content (AvgIpc) is 3.28. The van der Waals surface area contributed by atoms with Crippen LogP contribution in [-0.2, 0) is 10.2 Å². The summed E-state index contributed by atoms with van der Waals surface area (Å²) in [6, 6.07) is 10.7. The van der Waals surface area contributed by atoms with Gasteiger partial charge in [-0.3, -0.25) is 4.99 Å². The highest BCUT2D eigenvalue weighted by Gasteiger charge is 2.44. The smallest absolute Gasteiger partial charge is 0.191 e. The van der Waals surface area contributed by atoms with E-state index in [4.69, 9.17) is 4.74 Å². The van der Waals surface area contributed by atoms with Crippen molar-refractivity contribution in [2.45, 2.75) is 31.1 Å². The van der Waals surface area contributed by atoms with Crippen LogP contribution in [-0.4, -0.2) is 51.0 Å². The normalized spacial score (nSPS) is 24.5. The van der Waals surface area contributed by atoms with Crippen LogP contribution in [0.25, 0.3) is 0 Å². The van der Waals surface area contributed by atoms with Crippen molar-refractivity contribution in [3.8, 4) is 0 Å². The summed E-state index contributed by atoms with van der Waals surface area (Å²) in [5.74, 6) is 0.835. The Bertz CT molecular complexity index is 555. The Morgan fingerprint density at radius 1 is 1.16 bits per heavy atom. The van der Waals surface area contributed by atoms with Crippen molar-refractivity contribution in [3.63, 3.8) is 0 Å². The predicted octanol–water partition coefficient (Wildman–Crippen LogP) is 2.29. The summed E-state index contributed by atoms with van der Waals surface area (Å²) >= 11 is 0. The first-order valence-corrected chi connectivity index (χ1v) is 8.91. The van der Waals surface area contributed by atoms with E-state index in [0.717, 1.165) is 38.5 Å². The summed E-state index contributed by atoms with van der Waals surface area (Å²) in [6.45, 7) is 3.39. The van der Waals surface area contributed by atoms with Crippen molar-refractivity contribution >= 4 is 29.9 Å². The number of halogens is 1. The van der Waals surface area contributed by atoms with Gasteiger partial charge in [0.05, 0.1) is 6.61 Å². The molecule has 1 heterocycles. The van der Waals surface area contributed by atoms with Gasteiger partial charge in [-0.1, -0.05) is 30.3 Å². The second-order valence-corrected chi connectivity index (χ2v) is 7.20. The maximum absolute atomic E-state index is 9.33. The van der Waals surface area contributed by atoms with Crippen LogP contribution in [0.2, 0.25) is 0 Å². The zero-order chi connectivity index (χ0) is 16.9. The molecule has 2 fully saturated rings. The van der Waals surface area contributed by atoms with E-state index < -0.39 is 0 Å². The van der Waals surface area contributed by atoms with Crippen LogP contribution >= 0.6 is 24.0 Å². The highest BCUT2D eigenvalue weighted by Crippen LogP contribution is 2.47. The standard InChI is InChI=1S/C19H29N3O2.HI/c1-20-17(21-13-18(9-11-23)10-12-24-15-18)22-14-19(7-8-19)16-5-3-2-4-6-16;/h2-6,23H,7-15H2,1H3,(H2,20,21,22);1H. The Labute approximate surface area is 167 Å². The summed E-state index contributed by atoms with van der Waals surface area (Å²) < 4.78 is 5.55. The largest absolute Gasteiger partial charge is 0.396 e. The fourth-order valence-electron chi connectivity index (χ4n) is 3.57. The molecule has 0 radical (unpaired) electrons. The summed E-state index contributed by atoms with van der Waals surface area (Å²) in [6.07, 6.45) is 4.21. The van der Waals surface area contributed by atoms with Crippen molar-refractivity contribution in [1.82, 2.24) is 10.6 Å². The molecule has 0 amide bonds. The molecule has 5 nitrogen and oxygen atoms in total. The number of aliphatic hydroxyl groups excluding tert-OH is 1. The lowest BCUT2D eigenvalue weighted by Crippen LogP contribution is -2.46. The molecule has 1 saturated heterocycles. The molecule has 2 aliphatic rings. The third-order valence-electron chi connectivity index (χ3n) is 5.52. The minimum absolute atomic E-state index is 0. The van der Waals surface area contributed by atoms with Crippen LogP contribution in [0.15, 0.2) is 35.3 Å². The van der Waals surface area contributed by atoms with Gasteiger partial charge in [0.15, 0.2) is 5.96 Å². The van der Waals surface area contributed by atoms with Crippen molar-refractivity contribution in [2.24, 2.45) is 10.4 Å². The topological polar surface area (TPSA) is 65.9 Å². The van der Waals surface area contributed by atoms with E-state index in [0.29, 0.717) is 6.61 Å². The number of nitrogens with zero attached hydrogens (tertiary/aromatic N) is 1. The molecule has 1 unspecified atom stereocenters. The van der Waals surface area contributed by atoms with E-state index in [1.54, 1.807) is 7.05 Å². The number of nitrogens with one attached hydrogen (secondary N) is 2. The first-order valence-electron chi connectivity index (χ1n) is 8.91. The highest BCUT2D eigenvalue weighted by molar-refractivity contribution is 14.0. The third-order valence-corrected chi connectivity index (χ3v) is 5.52. The Morgan fingerprint density at radius 2 is 1.88 bits per heavy atom. The van der Waals surface area contributed by atoms with Gasteiger partial charge in [-0.2, -0.15) is 0 Å². The molecule has 3 N–H and O–H groups in total. The average molecular weight is 459 g/mol. The molecular weight excluding hydrogens is 429 g/mol. The molecule has 25 heavy (non-hydrogen) atoms. The van der Waals surface area contributed by atoms with E-state index in [1.807, 2.05) is 0 Å². The molecule has 1 aliphatic heterocycles. The molecule has 0 spiro atoms. The van der Waals surface area contributed by atoms with Crippen molar-refractivity contribution < 1.29 is 9.84 Å². The fraction of sp³-hybridized carbons (Fsp3) is 0.632. The number of aliphatic hydroxyl groups is 1. The van der Waals surface area contributed by atoms with E-state index >= 15 is 0 Å². The molecule has 1 aromatic rings. The van der Waals surface area contributed by atoms with Gasteiger partial charge >= 0.3 is 0 Å². The highest BCUT2D eigenvalue weighted by atomic mass is 127. The van der Waals surface area contributed by atoms with Gasteiger partial charge in [0.25, 0.3) is 0 Å². The maximum atomic E-state index is 9.33. The second kappa shape index (κ2) is 9.19. The van der Waals surface area contributed by atoms with Gasteiger partial charge in [-0.25, -0.2) is 0 Å². The van der Waals surface area contributed by atoms with E-state index in [-0.39, 0.29) is 41.4 Å². The van der Waals surface area contributed by atoms with Crippen LogP contribution in [0, 0.1) is 5.41 Å². The van der Waals surface area contributed by atoms with Gasteiger partial charge in [-0.05, 0) is 31.2 Å². The number of guanidine groups is 1. The Kier molecular flexibility index (Phi) is 7.51. The number of aliphatic imine (C=N–C) groups is 1. The van der Waals surface area contributed by atoms with Crippen LogP contribution in [0.4, 0.5) is 0 Å². The minimum atomic E-state index is 0. The number of ether oxygens (including phenoxy) is 1. The SMILES string of the molecule is CN=C(NCC1(CCO)CCOC1)NCC1(c2ccccc2)CC1.I. The van der Waals surface area contributed by atoms with Gasteiger partial charge in [0.2, 0.25) is 0 Å². The Morgan fingerprint density at radius 3 is 2.44 bits per heavy atom. The monoisotopic (exact) mass is 459 g/mol. The zero-order valence-electron chi connectivity index (χ0n) is 15.0. The van der Waals surface area contributed by atoms with Gasteiger partial charge in [0, 0.05) is 44.2 Å². The maximum Gasteiger partial charge on any atom is 0.191 e. The summed E-state index contributed by atoms with van der Waals surface area (Å²) in [7, 11) is 1.81. The molecule has 0 bridgehead atoms. The van der Waals surface area contributed by atoms with Crippen molar-refractivity contribution in [2.75, 3.05) is 40.0 Å². The number of hydrogen-bond donors (Lipinski definition) is 3. The van der Waals surface area contributed by atoms with E-state index in [1.165, 1.54) is 18.4 Å². The van der Waals surface area contributed by atoms with Crippen LogP contribution < -0.4 is 10.6 Å². The third kappa shape index (κ3) is 5.08. The lowest BCUT2D eigenvalue weighted by Gasteiger charge is -2.28. The molecule has 1 aliphatic carbocycles. The summed E-state index contributed by atoms with van der Waals surface area (Å²) in [4.78, 5) is 4.36. The lowest BCUT2D eigenvalue weighted by molar-refractivity contribution is 0.127. The first-order chi connectivity index (χ1) is 11.7. The van der Waals surface area contributed by atoms with Crippen LogP contribution in [0.5, 0.6) is 0 Å². The van der Waals surface area contributed by atoms with Gasteiger partial charge in [-0.15, -0.1) is 24.0 Å². The van der Waals surface area contributed by atoms with Gasteiger partial charge < -0.3 is 20.5 Å². The molecule has 1 saturated carbocycles. The van der Waals surface area contributed by atoms with E-state index in [2.05, 4.69) is 46.0 Å². The molecule has 3 rings (SSSR count). The second-order valence-electron chi connectivity index (χ2n) is 7.20. The van der Waals surface area contributed by atoms with Crippen molar-refractivity contribution in [3.05, 3.63) is 35.9 Å². The van der Waals surface area contributed by atoms with E-state index in [9.17, 15) is 5.11 Å². The first kappa shape index (κ1) is 20.5. The number of benzene rings is 1. The molecule has 1 atom stereocenters. The molecular formula is C19H30IN3O2. The predicted molar refractivity (Wildman–Crippen MR) is 112 cm³/mol. The lowest BCUT2D eigenvalue weighted by atomic mass is 9.84. The number of hydrogen-bond acceptors (Lipinski definition) is 3. The fourth-order valence-corrected chi connectivity index (χ4v) is 3.57. The quantitative estimate of drug-likeness (QED) is 0.333. The summed E-state index contributed by atoms with van der Waals surface area (Å²) in [5.41, 5.74) is 1.70. The van der Waals surface area contributed by atoms with Crippen molar-refractivity contribution in [1.29, 1.82) is 0 Å². The van der Waals surface area contributed by atoms with Gasteiger partial charge in [0.1, 0.15) is 0 Å². The van der Waals surface area contributed by atoms with Crippen LogP contribution in [0.3, 0.4) is 0 Å². The zero-order valence-corrected chi connectivity index (χ0v) is 17.3. The Hall–Kier alpha value is -0.860. The number of rotatable bonds is 7. The molecule has 1 aromatic carbocycles. The summed E-state index contributed by atoms with van der Waals surface area (Å²) in [5, 5.41) is 16.3. The Balaban J connectivity index is 0.00000225. The van der Waals surface area contributed by atoms with Crippen LogP contribution in [0.1, 0.15) is 31.2 Å². The molecule has 6 heteroatoms. The molecule has 0 aromatic heterocycles.